The Hall–Kier alpha value is -1.51. The molecule has 0 radical (unpaired) electrons. The van der Waals surface area contributed by atoms with Crippen molar-refractivity contribution in [3.8, 4) is 10.6 Å². The number of aromatic nitrogens is 1. The number of aryl methyl sites for hydroxylation is 1. The molecule has 7 heteroatoms. The lowest BCUT2D eigenvalue weighted by Crippen LogP contribution is -2.21. The van der Waals surface area contributed by atoms with E-state index in [1.54, 1.807) is 11.3 Å². The summed E-state index contributed by atoms with van der Waals surface area (Å²) >= 11 is 1.60. The molecule has 23 heavy (non-hydrogen) atoms. The van der Waals surface area contributed by atoms with Gasteiger partial charge < -0.3 is 4.90 Å². The third kappa shape index (κ3) is 4.73. The SMILES string of the molecule is CCN(CC)c1ccc(-c2nc(C)c(CCON(O)O)s2)cc1. The van der Waals surface area contributed by atoms with Crippen LogP contribution in [0.2, 0.25) is 0 Å². The Bertz CT molecular complexity index is 610. The van der Waals surface area contributed by atoms with Crippen LogP contribution in [0, 0.1) is 6.92 Å². The van der Waals surface area contributed by atoms with Crippen LogP contribution in [0.5, 0.6) is 0 Å². The Morgan fingerprint density at radius 2 is 1.78 bits per heavy atom. The molecule has 0 amide bonds. The van der Waals surface area contributed by atoms with Crippen molar-refractivity contribution in [1.29, 1.82) is 0 Å². The minimum Gasteiger partial charge on any atom is -0.372 e. The first kappa shape index (κ1) is 17.8. The van der Waals surface area contributed by atoms with Crippen molar-refractivity contribution in [1.82, 2.24) is 10.4 Å². The van der Waals surface area contributed by atoms with Gasteiger partial charge in [0.15, 0.2) is 0 Å². The molecule has 2 N–H and O–H groups in total. The molecule has 126 valence electrons. The molecule has 1 aromatic heterocycles. The number of nitrogens with zero attached hydrogens (tertiary/aromatic N) is 3. The van der Waals surface area contributed by atoms with Crippen LogP contribution in [0.15, 0.2) is 24.3 Å². The van der Waals surface area contributed by atoms with Crippen LogP contribution in [0.25, 0.3) is 10.6 Å². The molecule has 0 saturated heterocycles. The lowest BCUT2D eigenvalue weighted by Gasteiger charge is -2.20. The van der Waals surface area contributed by atoms with Gasteiger partial charge in [0.1, 0.15) is 5.01 Å². The summed E-state index contributed by atoms with van der Waals surface area (Å²) in [5.74, 6) is 0. The standard InChI is InChI=1S/C16H23N3O3S/c1-4-18(5-2)14-8-6-13(7-9-14)16-17-12(3)15(23-16)10-11-22-19(20)21/h6-9,20-21H,4-5,10-11H2,1-3H3. The first-order valence-corrected chi connectivity index (χ1v) is 8.49. The van der Waals surface area contributed by atoms with Crippen LogP contribution in [0.3, 0.4) is 0 Å². The fraction of sp³-hybridized carbons (Fsp3) is 0.438. The summed E-state index contributed by atoms with van der Waals surface area (Å²) < 4.78 is 0. The second-order valence-corrected chi connectivity index (χ2v) is 6.17. The molecule has 0 fully saturated rings. The highest BCUT2D eigenvalue weighted by atomic mass is 32.1. The van der Waals surface area contributed by atoms with Gasteiger partial charge in [0.25, 0.3) is 0 Å². The molecule has 0 aliphatic carbocycles. The van der Waals surface area contributed by atoms with E-state index in [1.165, 1.54) is 5.69 Å². The summed E-state index contributed by atoms with van der Waals surface area (Å²) in [6.45, 7) is 8.42. The average molecular weight is 337 g/mol. The summed E-state index contributed by atoms with van der Waals surface area (Å²) in [7, 11) is 0. The molecule has 6 nitrogen and oxygen atoms in total. The second kappa shape index (κ2) is 8.37. The van der Waals surface area contributed by atoms with E-state index in [0.717, 1.165) is 34.2 Å². The van der Waals surface area contributed by atoms with Crippen LogP contribution in [0.1, 0.15) is 24.4 Å². The largest absolute Gasteiger partial charge is 0.372 e. The molecule has 0 atom stereocenters. The fourth-order valence-electron chi connectivity index (χ4n) is 2.41. The van der Waals surface area contributed by atoms with Gasteiger partial charge >= 0.3 is 0 Å². The van der Waals surface area contributed by atoms with Gasteiger partial charge in [-0.3, -0.25) is 15.3 Å². The Balaban J connectivity index is 2.10. The Kier molecular flexibility index (Phi) is 6.49. The topological polar surface area (TPSA) is 69.1 Å². The zero-order valence-corrected chi connectivity index (χ0v) is 14.5. The predicted molar refractivity (Wildman–Crippen MR) is 90.9 cm³/mol. The number of benzene rings is 1. The maximum Gasteiger partial charge on any atom is 0.123 e. The van der Waals surface area contributed by atoms with Crippen molar-refractivity contribution in [2.45, 2.75) is 27.2 Å². The average Bonchev–Trinajstić information content (AvgIpc) is 2.90. The zero-order valence-electron chi connectivity index (χ0n) is 13.7. The first-order chi connectivity index (χ1) is 11.0. The van der Waals surface area contributed by atoms with Crippen LogP contribution in [-0.4, -0.2) is 40.5 Å². The second-order valence-electron chi connectivity index (χ2n) is 5.08. The van der Waals surface area contributed by atoms with E-state index >= 15 is 0 Å². The van der Waals surface area contributed by atoms with Crippen molar-refractivity contribution in [3.63, 3.8) is 0 Å². The summed E-state index contributed by atoms with van der Waals surface area (Å²) in [4.78, 5) is 12.6. The van der Waals surface area contributed by atoms with Crippen LogP contribution in [0.4, 0.5) is 5.69 Å². The van der Waals surface area contributed by atoms with Gasteiger partial charge in [-0.2, -0.15) is 0 Å². The number of anilines is 1. The van der Waals surface area contributed by atoms with Gasteiger partial charge in [-0.25, -0.2) is 4.98 Å². The Morgan fingerprint density at radius 1 is 1.13 bits per heavy atom. The fourth-order valence-corrected chi connectivity index (χ4v) is 3.46. The van der Waals surface area contributed by atoms with E-state index in [4.69, 9.17) is 10.4 Å². The molecule has 2 aromatic rings. The van der Waals surface area contributed by atoms with Crippen molar-refractivity contribution in [2.75, 3.05) is 24.6 Å². The molecule has 0 saturated carbocycles. The zero-order chi connectivity index (χ0) is 16.8. The number of rotatable bonds is 8. The predicted octanol–water partition coefficient (Wildman–Crippen LogP) is 3.52. The van der Waals surface area contributed by atoms with Gasteiger partial charge in [-0.1, -0.05) is 0 Å². The lowest BCUT2D eigenvalue weighted by atomic mass is 10.2. The number of hydrogen-bond donors (Lipinski definition) is 2. The molecule has 0 aliphatic rings. The van der Waals surface area contributed by atoms with Gasteiger partial charge in [-0.15, -0.1) is 11.3 Å². The lowest BCUT2D eigenvalue weighted by molar-refractivity contribution is -0.492. The molecule has 0 spiro atoms. The maximum absolute atomic E-state index is 8.54. The number of thiazole rings is 1. The molecule has 0 unspecified atom stereocenters. The highest BCUT2D eigenvalue weighted by Crippen LogP contribution is 2.29. The van der Waals surface area contributed by atoms with E-state index in [2.05, 4.69) is 52.8 Å². The van der Waals surface area contributed by atoms with E-state index in [1.807, 2.05) is 6.92 Å². The Morgan fingerprint density at radius 3 is 2.35 bits per heavy atom. The smallest absolute Gasteiger partial charge is 0.123 e. The summed E-state index contributed by atoms with van der Waals surface area (Å²) in [5.41, 5.74) is 3.25. The van der Waals surface area contributed by atoms with Crippen molar-refractivity contribution < 1.29 is 15.3 Å². The number of hydrogen-bond acceptors (Lipinski definition) is 7. The van der Waals surface area contributed by atoms with Crippen LogP contribution < -0.4 is 4.90 Å². The summed E-state index contributed by atoms with van der Waals surface area (Å²) in [6.07, 6.45) is 0.582. The van der Waals surface area contributed by atoms with E-state index in [0.29, 0.717) is 6.42 Å². The third-order valence-electron chi connectivity index (χ3n) is 3.67. The summed E-state index contributed by atoms with van der Waals surface area (Å²) in [5, 5.41) is 17.8. The van der Waals surface area contributed by atoms with Crippen molar-refractivity contribution in [3.05, 3.63) is 34.8 Å². The normalized spacial score (nSPS) is 11.2. The molecule has 0 aliphatic heterocycles. The molecule has 1 aromatic carbocycles. The third-order valence-corrected chi connectivity index (χ3v) is 4.94. The highest BCUT2D eigenvalue weighted by Gasteiger charge is 2.11. The molecular formula is C16H23N3O3S. The van der Waals surface area contributed by atoms with Gasteiger partial charge in [0, 0.05) is 35.6 Å². The molecular weight excluding hydrogens is 314 g/mol. The summed E-state index contributed by atoms with van der Waals surface area (Å²) in [6, 6.07) is 8.43. The van der Waals surface area contributed by atoms with E-state index < -0.39 is 0 Å². The molecule has 0 bridgehead atoms. The monoisotopic (exact) mass is 337 g/mol. The van der Waals surface area contributed by atoms with E-state index in [9.17, 15) is 0 Å². The van der Waals surface area contributed by atoms with Crippen molar-refractivity contribution in [2.24, 2.45) is 0 Å². The highest BCUT2D eigenvalue weighted by molar-refractivity contribution is 7.15. The van der Waals surface area contributed by atoms with Gasteiger partial charge in [0.2, 0.25) is 0 Å². The van der Waals surface area contributed by atoms with Crippen molar-refractivity contribution >= 4 is 17.0 Å². The first-order valence-electron chi connectivity index (χ1n) is 7.67. The minimum absolute atomic E-state index is 0.191. The van der Waals surface area contributed by atoms with E-state index in [-0.39, 0.29) is 12.0 Å². The molecule has 1 heterocycles. The minimum atomic E-state index is -0.261. The van der Waals surface area contributed by atoms with Crippen LogP contribution >= 0.6 is 11.3 Å². The maximum atomic E-state index is 8.54. The Labute approximate surface area is 140 Å². The van der Waals surface area contributed by atoms with Crippen LogP contribution in [-0.2, 0) is 11.3 Å². The quantitative estimate of drug-likeness (QED) is 0.718. The van der Waals surface area contributed by atoms with Gasteiger partial charge in [-0.05, 0) is 45.0 Å². The van der Waals surface area contributed by atoms with Gasteiger partial charge in [0.05, 0.1) is 17.7 Å². The molecule has 2 rings (SSSR count).